The molecule has 0 saturated carbocycles. The molecule has 104 valence electrons. The summed E-state index contributed by atoms with van der Waals surface area (Å²) in [7, 11) is 1.62. The Morgan fingerprint density at radius 2 is 2.15 bits per heavy atom. The Labute approximate surface area is 116 Å². The summed E-state index contributed by atoms with van der Waals surface area (Å²) in [4.78, 5) is 15.5. The number of carbonyl (C=O) groups is 1. The minimum absolute atomic E-state index is 0.351. The fraction of sp³-hybridized carbons (Fsp3) is 0.357. The molecule has 6 heteroatoms. The van der Waals surface area contributed by atoms with Crippen LogP contribution in [0, 0.1) is 5.92 Å². The fourth-order valence-electron chi connectivity index (χ4n) is 2.38. The average molecular weight is 273 g/mol. The van der Waals surface area contributed by atoms with E-state index in [1.54, 1.807) is 11.8 Å². The number of aryl methyl sites for hydroxylation is 1. The summed E-state index contributed by atoms with van der Waals surface area (Å²) in [5.41, 5.74) is 0.902. The van der Waals surface area contributed by atoms with E-state index in [4.69, 9.17) is 9.84 Å². The molecule has 0 bridgehead atoms. The first-order valence-corrected chi connectivity index (χ1v) is 6.48. The van der Waals surface area contributed by atoms with Crippen LogP contribution in [-0.2, 0) is 17.8 Å². The Kier molecular flexibility index (Phi) is 3.14. The lowest BCUT2D eigenvalue weighted by molar-refractivity contribution is -0.142. The number of carboxylic acid groups (broad SMARTS) is 1. The van der Waals surface area contributed by atoms with E-state index in [1.807, 2.05) is 24.3 Å². The molecule has 0 radical (unpaired) electrons. The summed E-state index contributed by atoms with van der Waals surface area (Å²) in [5.74, 6) is 1.05. The van der Waals surface area contributed by atoms with Gasteiger partial charge in [0.1, 0.15) is 11.6 Å². The summed E-state index contributed by atoms with van der Waals surface area (Å²) in [6.07, 6.45) is 1.05. The standard InChI is InChI=1S/C14H15N3O3/c1-20-11-4-2-9(3-5-11)13-15-12-8-10(14(18)19)6-7-17(12)16-13/h2-5,10H,6-8H2,1H3,(H,18,19). The Balaban J connectivity index is 1.87. The van der Waals surface area contributed by atoms with Crippen molar-refractivity contribution in [3.8, 4) is 17.1 Å². The van der Waals surface area contributed by atoms with Crippen molar-refractivity contribution in [1.82, 2.24) is 14.8 Å². The second kappa shape index (κ2) is 4.96. The number of nitrogens with zero attached hydrogens (tertiary/aromatic N) is 3. The number of carboxylic acids is 1. The van der Waals surface area contributed by atoms with Crippen LogP contribution in [0.3, 0.4) is 0 Å². The lowest BCUT2D eigenvalue weighted by Gasteiger charge is -2.17. The van der Waals surface area contributed by atoms with E-state index in [9.17, 15) is 4.79 Å². The molecule has 1 unspecified atom stereocenters. The normalized spacial score (nSPS) is 17.6. The number of aromatic nitrogens is 3. The third-order valence-electron chi connectivity index (χ3n) is 3.56. The summed E-state index contributed by atoms with van der Waals surface area (Å²) in [6, 6.07) is 7.51. The van der Waals surface area contributed by atoms with Crippen molar-refractivity contribution in [2.24, 2.45) is 5.92 Å². The lowest BCUT2D eigenvalue weighted by Crippen LogP contribution is -2.26. The zero-order chi connectivity index (χ0) is 14.1. The van der Waals surface area contributed by atoms with E-state index in [2.05, 4.69) is 10.1 Å². The third-order valence-corrected chi connectivity index (χ3v) is 3.56. The highest BCUT2D eigenvalue weighted by Crippen LogP contribution is 2.24. The van der Waals surface area contributed by atoms with Crippen LogP contribution in [-0.4, -0.2) is 33.0 Å². The van der Waals surface area contributed by atoms with E-state index in [0.29, 0.717) is 25.2 Å². The van der Waals surface area contributed by atoms with Gasteiger partial charge >= 0.3 is 5.97 Å². The summed E-state index contributed by atoms with van der Waals surface area (Å²) >= 11 is 0. The SMILES string of the molecule is COc1ccc(-c2nc3n(n2)CCC(C(=O)O)C3)cc1. The van der Waals surface area contributed by atoms with Gasteiger partial charge in [0.25, 0.3) is 0 Å². The second-order valence-corrected chi connectivity index (χ2v) is 4.83. The number of rotatable bonds is 3. The van der Waals surface area contributed by atoms with Gasteiger partial charge < -0.3 is 9.84 Å². The molecule has 1 aliphatic heterocycles. The number of benzene rings is 1. The molecule has 1 aliphatic rings. The Morgan fingerprint density at radius 1 is 1.40 bits per heavy atom. The molecular formula is C14H15N3O3. The summed E-state index contributed by atoms with van der Waals surface area (Å²) in [5, 5.41) is 13.5. The van der Waals surface area contributed by atoms with Crippen molar-refractivity contribution in [3.63, 3.8) is 0 Å². The molecule has 0 amide bonds. The molecule has 0 spiro atoms. The third kappa shape index (κ3) is 2.24. The van der Waals surface area contributed by atoms with Crippen molar-refractivity contribution in [2.45, 2.75) is 19.4 Å². The van der Waals surface area contributed by atoms with E-state index >= 15 is 0 Å². The molecule has 20 heavy (non-hydrogen) atoms. The van der Waals surface area contributed by atoms with E-state index in [0.717, 1.165) is 17.1 Å². The largest absolute Gasteiger partial charge is 0.497 e. The maximum Gasteiger partial charge on any atom is 0.307 e. The lowest BCUT2D eigenvalue weighted by atomic mass is 9.98. The Morgan fingerprint density at radius 3 is 2.80 bits per heavy atom. The molecule has 1 atom stereocenters. The minimum Gasteiger partial charge on any atom is -0.497 e. The van der Waals surface area contributed by atoms with Gasteiger partial charge in [-0.1, -0.05) is 0 Å². The first kappa shape index (κ1) is 12.7. The zero-order valence-corrected chi connectivity index (χ0v) is 11.1. The van der Waals surface area contributed by atoms with Crippen molar-refractivity contribution in [2.75, 3.05) is 7.11 Å². The highest BCUT2D eigenvalue weighted by Gasteiger charge is 2.26. The Hall–Kier alpha value is -2.37. The number of fused-ring (bicyclic) bond motifs is 1. The van der Waals surface area contributed by atoms with Crippen LogP contribution in [0.4, 0.5) is 0 Å². The quantitative estimate of drug-likeness (QED) is 0.919. The van der Waals surface area contributed by atoms with Gasteiger partial charge in [-0.05, 0) is 30.7 Å². The maximum absolute atomic E-state index is 11.0. The Bertz CT molecular complexity index is 634. The number of ether oxygens (including phenoxy) is 1. The van der Waals surface area contributed by atoms with Gasteiger partial charge in [-0.2, -0.15) is 5.10 Å². The predicted molar refractivity (Wildman–Crippen MR) is 71.5 cm³/mol. The van der Waals surface area contributed by atoms with E-state index < -0.39 is 5.97 Å². The van der Waals surface area contributed by atoms with Crippen LogP contribution in [0.5, 0.6) is 5.75 Å². The van der Waals surface area contributed by atoms with Gasteiger partial charge in [0.2, 0.25) is 0 Å². The fourth-order valence-corrected chi connectivity index (χ4v) is 2.38. The molecule has 6 nitrogen and oxygen atoms in total. The van der Waals surface area contributed by atoms with Crippen molar-refractivity contribution >= 4 is 5.97 Å². The van der Waals surface area contributed by atoms with Crippen LogP contribution in [0.1, 0.15) is 12.2 Å². The van der Waals surface area contributed by atoms with E-state index in [-0.39, 0.29) is 5.92 Å². The van der Waals surface area contributed by atoms with Gasteiger partial charge in [-0.3, -0.25) is 4.79 Å². The van der Waals surface area contributed by atoms with Crippen LogP contribution in [0.15, 0.2) is 24.3 Å². The van der Waals surface area contributed by atoms with Crippen LogP contribution >= 0.6 is 0 Å². The number of hydrogen-bond donors (Lipinski definition) is 1. The molecule has 0 aliphatic carbocycles. The highest BCUT2D eigenvalue weighted by molar-refractivity contribution is 5.70. The predicted octanol–water partition coefficient (Wildman–Crippen LogP) is 1.60. The second-order valence-electron chi connectivity index (χ2n) is 4.83. The molecular weight excluding hydrogens is 258 g/mol. The first-order chi connectivity index (χ1) is 9.67. The molecule has 1 N–H and O–H groups in total. The number of aliphatic carboxylic acids is 1. The molecule has 3 rings (SSSR count). The average Bonchev–Trinajstić information content (AvgIpc) is 2.90. The van der Waals surface area contributed by atoms with Gasteiger partial charge in [-0.15, -0.1) is 0 Å². The maximum atomic E-state index is 11.0. The zero-order valence-electron chi connectivity index (χ0n) is 11.1. The van der Waals surface area contributed by atoms with Gasteiger partial charge in [0, 0.05) is 18.5 Å². The van der Waals surface area contributed by atoms with Crippen LogP contribution in [0.2, 0.25) is 0 Å². The molecule has 1 aromatic carbocycles. The minimum atomic E-state index is -0.759. The number of methoxy groups -OCH3 is 1. The smallest absolute Gasteiger partial charge is 0.307 e. The van der Waals surface area contributed by atoms with Crippen LogP contribution in [0.25, 0.3) is 11.4 Å². The molecule has 0 fully saturated rings. The molecule has 2 heterocycles. The van der Waals surface area contributed by atoms with Gasteiger partial charge in [0.05, 0.1) is 13.0 Å². The first-order valence-electron chi connectivity index (χ1n) is 6.48. The summed E-state index contributed by atoms with van der Waals surface area (Å²) in [6.45, 7) is 0.607. The number of hydrogen-bond acceptors (Lipinski definition) is 4. The molecule has 2 aromatic rings. The topological polar surface area (TPSA) is 77.2 Å². The van der Waals surface area contributed by atoms with E-state index in [1.165, 1.54) is 0 Å². The summed E-state index contributed by atoms with van der Waals surface area (Å²) < 4.78 is 6.92. The van der Waals surface area contributed by atoms with Crippen molar-refractivity contribution in [3.05, 3.63) is 30.1 Å². The van der Waals surface area contributed by atoms with Crippen LogP contribution < -0.4 is 4.74 Å². The van der Waals surface area contributed by atoms with Crippen molar-refractivity contribution < 1.29 is 14.6 Å². The van der Waals surface area contributed by atoms with Gasteiger partial charge in [0.15, 0.2) is 5.82 Å². The monoisotopic (exact) mass is 273 g/mol. The van der Waals surface area contributed by atoms with Gasteiger partial charge in [-0.25, -0.2) is 9.67 Å². The molecule has 0 saturated heterocycles. The molecule has 1 aromatic heterocycles. The van der Waals surface area contributed by atoms with Crippen molar-refractivity contribution in [1.29, 1.82) is 0 Å². The highest BCUT2D eigenvalue weighted by atomic mass is 16.5.